The second kappa shape index (κ2) is 4.63. The summed E-state index contributed by atoms with van der Waals surface area (Å²) < 4.78 is 36.7. The van der Waals surface area contributed by atoms with Crippen LogP contribution in [0.25, 0.3) is 0 Å². The zero-order chi connectivity index (χ0) is 11.5. The van der Waals surface area contributed by atoms with Crippen molar-refractivity contribution >= 4 is 0 Å². The zero-order valence-corrected chi connectivity index (χ0v) is 7.83. The largest absolute Gasteiger partial charge is 0.418 e. The van der Waals surface area contributed by atoms with Crippen LogP contribution < -0.4 is 0 Å². The lowest BCUT2D eigenvalue weighted by Gasteiger charge is -2.17. The third-order valence-corrected chi connectivity index (χ3v) is 2.04. The number of rotatable bonds is 3. The molecule has 1 rings (SSSR count). The maximum Gasteiger partial charge on any atom is 0.418 e. The number of halogens is 3. The highest BCUT2D eigenvalue weighted by molar-refractivity contribution is 5.30. The topological polar surface area (TPSA) is 40.5 Å². The maximum atomic E-state index is 12.2. The van der Waals surface area contributed by atoms with Crippen LogP contribution in [-0.4, -0.2) is 23.0 Å². The fourth-order valence-electron chi connectivity index (χ4n) is 1.33. The van der Waals surface area contributed by atoms with Crippen molar-refractivity contribution in [3.05, 3.63) is 35.4 Å². The fraction of sp³-hybridized carbons (Fsp3) is 0.400. The van der Waals surface area contributed by atoms with Gasteiger partial charge in [-0.15, -0.1) is 0 Å². The number of aliphatic hydroxyl groups excluding tert-OH is 2. The summed E-state index contributed by atoms with van der Waals surface area (Å²) >= 11 is 0. The van der Waals surface area contributed by atoms with Gasteiger partial charge in [-0.3, -0.25) is 0 Å². The lowest BCUT2D eigenvalue weighted by molar-refractivity contribution is -0.207. The molecule has 0 aliphatic heterocycles. The van der Waals surface area contributed by atoms with Crippen molar-refractivity contribution in [3.8, 4) is 0 Å². The molecule has 0 saturated carbocycles. The van der Waals surface area contributed by atoms with Crippen molar-refractivity contribution < 1.29 is 23.4 Å². The van der Waals surface area contributed by atoms with Gasteiger partial charge < -0.3 is 10.2 Å². The number of benzene rings is 1. The van der Waals surface area contributed by atoms with E-state index in [4.69, 9.17) is 10.2 Å². The van der Waals surface area contributed by atoms with Crippen molar-refractivity contribution in [2.75, 3.05) is 6.61 Å². The van der Waals surface area contributed by atoms with Crippen LogP contribution >= 0.6 is 0 Å². The van der Waals surface area contributed by atoms with E-state index in [2.05, 4.69) is 0 Å². The molecule has 15 heavy (non-hydrogen) atoms. The zero-order valence-electron chi connectivity index (χ0n) is 7.83. The van der Waals surface area contributed by atoms with Crippen LogP contribution in [0.2, 0.25) is 0 Å². The summed E-state index contributed by atoms with van der Waals surface area (Å²) in [5.74, 6) is 0. The quantitative estimate of drug-likeness (QED) is 0.815. The molecule has 0 aromatic heterocycles. The summed E-state index contributed by atoms with van der Waals surface area (Å²) in [5.41, 5.74) is 0.115. The van der Waals surface area contributed by atoms with Crippen LogP contribution in [0.1, 0.15) is 17.2 Å². The van der Waals surface area contributed by atoms with Crippen molar-refractivity contribution in [3.63, 3.8) is 0 Å². The molecule has 84 valence electrons. The third kappa shape index (κ3) is 2.94. The molecule has 1 atom stereocenters. The summed E-state index contributed by atoms with van der Waals surface area (Å²) in [6, 6.07) is 5.66. The lowest BCUT2D eigenvalue weighted by Crippen LogP contribution is -2.21. The van der Waals surface area contributed by atoms with Gasteiger partial charge in [0, 0.05) is 6.61 Å². The Bertz CT molecular complexity index is 323. The molecule has 5 heteroatoms. The highest BCUT2D eigenvalue weighted by atomic mass is 19.4. The molecule has 1 aromatic carbocycles. The second-order valence-electron chi connectivity index (χ2n) is 3.12. The molecular weight excluding hydrogens is 209 g/mol. The highest BCUT2D eigenvalue weighted by Crippen LogP contribution is 2.34. The van der Waals surface area contributed by atoms with E-state index >= 15 is 0 Å². The molecule has 0 bridgehead atoms. The van der Waals surface area contributed by atoms with Crippen molar-refractivity contribution in [2.45, 2.75) is 18.7 Å². The highest BCUT2D eigenvalue weighted by Gasteiger charge is 2.40. The summed E-state index contributed by atoms with van der Waals surface area (Å²) in [5, 5.41) is 17.7. The summed E-state index contributed by atoms with van der Waals surface area (Å²) in [4.78, 5) is 0. The third-order valence-electron chi connectivity index (χ3n) is 2.04. The number of hydrogen-bond donors (Lipinski definition) is 2. The van der Waals surface area contributed by atoms with E-state index in [1.54, 1.807) is 6.07 Å². The van der Waals surface area contributed by atoms with Crippen LogP contribution in [0.4, 0.5) is 13.2 Å². The van der Waals surface area contributed by atoms with E-state index in [1.165, 1.54) is 18.2 Å². The Hall–Kier alpha value is -1.07. The normalized spacial score (nSPS) is 13.9. The van der Waals surface area contributed by atoms with Crippen LogP contribution in [0, 0.1) is 0 Å². The first-order valence-corrected chi connectivity index (χ1v) is 4.40. The maximum absolute atomic E-state index is 12.2. The van der Waals surface area contributed by atoms with E-state index in [0.29, 0.717) is 5.56 Å². The first-order chi connectivity index (χ1) is 6.96. The Morgan fingerprint density at radius 3 is 2.33 bits per heavy atom. The van der Waals surface area contributed by atoms with Crippen LogP contribution in [0.5, 0.6) is 0 Å². The summed E-state index contributed by atoms with van der Waals surface area (Å²) in [6.07, 6.45) is -7.06. The van der Waals surface area contributed by atoms with Gasteiger partial charge in [-0.2, -0.15) is 13.2 Å². The molecule has 0 amide bonds. The molecule has 0 aliphatic rings. The van der Waals surface area contributed by atoms with Gasteiger partial charge in [0.15, 0.2) is 6.10 Å². The van der Waals surface area contributed by atoms with Gasteiger partial charge in [-0.05, 0) is 17.5 Å². The number of hydrogen-bond acceptors (Lipinski definition) is 2. The van der Waals surface area contributed by atoms with Crippen molar-refractivity contribution in [1.29, 1.82) is 0 Å². The molecule has 0 saturated heterocycles. The molecule has 0 spiro atoms. The second-order valence-corrected chi connectivity index (χ2v) is 3.12. The van der Waals surface area contributed by atoms with Gasteiger partial charge in [-0.25, -0.2) is 0 Å². The standard InChI is InChI=1S/C10H11F3O2/c11-10(12,13)9(15)8-4-2-1-3-7(8)5-6-14/h1-4,9,14-15H,5-6H2. The predicted octanol–water partition coefficient (Wildman–Crippen LogP) is 1.82. The Kier molecular flexibility index (Phi) is 3.71. The summed E-state index contributed by atoms with van der Waals surface area (Å²) in [6.45, 7) is -0.248. The van der Waals surface area contributed by atoms with Crippen molar-refractivity contribution in [1.82, 2.24) is 0 Å². The monoisotopic (exact) mass is 220 g/mol. The Balaban J connectivity index is 3.02. The van der Waals surface area contributed by atoms with Gasteiger partial charge >= 0.3 is 6.18 Å². The number of alkyl halides is 3. The van der Waals surface area contributed by atoms with Gasteiger partial charge in [0.05, 0.1) is 0 Å². The lowest BCUT2D eigenvalue weighted by atomic mass is 10.00. The van der Waals surface area contributed by atoms with E-state index in [1.807, 2.05) is 0 Å². The molecule has 0 fully saturated rings. The molecule has 0 radical (unpaired) electrons. The predicted molar refractivity (Wildman–Crippen MR) is 48.2 cm³/mol. The van der Waals surface area contributed by atoms with Gasteiger partial charge in [0.25, 0.3) is 0 Å². The molecule has 1 unspecified atom stereocenters. The SMILES string of the molecule is OCCc1ccccc1C(O)C(F)(F)F. The smallest absolute Gasteiger partial charge is 0.396 e. The van der Waals surface area contributed by atoms with E-state index in [9.17, 15) is 13.2 Å². The molecular formula is C10H11F3O2. The van der Waals surface area contributed by atoms with Crippen molar-refractivity contribution in [2.24, 2.45) is 0 Å². The van der Waals surface area contributed by atoms with Crippen LogP contribution in [0.3, 0.4) is 0 Å². The van der Waals surface area contributed by atoms with E-state index < -0.39 is 12.3 Å². The van der Waals surface area contributed by atoms with Crippen LogP contribution in [0.15, 0.2) is 24.3 Å². The van der Waals surface area contributed by atoms with E-state index in [0.717, 1.165) is 0 Å². The van der Waals surface area contributed by atoms with Gasteiger partial charge in [0.1, 0.15) is 0 Å². The van der Waals surface area contributed by atoms with Gasteiger partial charge in [0.2, 0.25) is 0 Å². The molecule has 2 nitrogen and oxygen atoms in total. The Morgan fingerprint density at radius 2 is 1.80 bits per heavy atom. The Labute approximate surface area is 85.0 Å². The average Bonchev–Trinajstić information content (AvgIpc) is 2.17. The molecule has 2 N–H and O–H groups in total. The molecule has 1 aromatic rings. The number of aliphatic hydroxyl groups is 2. The average molecular weight is 220 g/mol. The first-order valence-electron chi connectivity index (χ1n) is 4.40. The van der Waals surface area contributed by atoms with Gasteiger partial charge in [-0.1, -0.05) is 24.3 Å². The first kappa shape index (κ1) is 12.0. The molecule has 0 aliphatic carbocycles. The Morgan fingerprint density at radius 1 is 1.20 bits per heavy atom. The minimum atomic E-state index is -4.68. The van der Waals surface area contributed by atoms with E-state index in [-0.39, 0.29) is 18.6 Å². The summed E-state index contributed by atoms with van der Waals surface area (Å²) in [7, 11) is 0. The minimum Gasteiger partial charge on any atom is -0.396 e. The molecule has 0 heterocycles. The fourth-order valence-corrected chi connectivity index (χ4v) is 1.33. The van der Waals surface area contributed by atoms with Crippen LogP contribution in [-0.2, 0) is 6.42 Å². The minimum absolute atomic E-state index is 0.101.